The van der Waals surface area contributed by atoms with Gasteiger partial charge in [-0.25, -0.2) is 8.78 Å². The molecule has 1 aliphatic rings. The summed E-state index contributed by atoms with van der Waals surface area (Å²) in [5.74, 6) is -2.24. The fourth-order valence-corrected chi connectivity index (χ4v) is 2.41. The minimum absolute atomic E-state index is 0.162. The SMILES string of the molecule is O=C(c1cccc(CN2CCC2)c1)c1ccc(F)c(F)c1. The Bertz CT molecular complexity index is 680. The van der Waals surface area contributed by atoms with Crippen LogP contribution in [0.25, 0.3) is 0 Å². The second-order valence-corrected chi connectivity index (χ2v) is 5.29. The van der Waals surface area contributed by atoms with Gasteiger partial charge in [0.15, 0.2) is 17.4 Å². The lowest BCUT2D eigenvalue weighted by Crippen LogP contribution is -2.36. The molecule has 0 bridgehead atoms. The van der Waals surface area contributed by atoms with Crippen molar-refractivity contribution < 1.29 is 13.6 Å². The van der Waals surface area contributed by atoms with Crippen molar-refractivity contribution >= 4 is 5.78 Å². The predicted molar refractivity (Wildman–Crippen MR) is 76.1 cm³/mol. The lowest BCUT2D eigenvalue weighted by atomic mass is 10.0. The Labute approximate surface area is 122 Å². The maximum Gasteiger partial charge on any atom is 0.193 e. The van der Waals surface area contributed by atoms with Crippen LogP contribution in [0.5, 0.6) is 0 Å². The van der Waals surface area contributed by atoms with Crippen molar-refractivity contribution in [3.8, 4) is 0 Å². The number of hydrogen-bond donors (Lipinski definition) is 0. The van der Waals surface area contributed by atoms with Crippen molar-refractivity contribution in [1.82, 2.24) is 4.90 Å². The first kappa shape index (κ1) is 13.9. The molecular formula is C17H15F2NO. The Morgan fingerprint density at radius 1 is 1.00 bits per heavy atom. The fraction of sp³-hybridized carbons (Fsp3) is 0.235. The summed E-state index contributed by atoms with van der Waals surface area (Å²) in [6.07, 6.45) is 1.22. The third-order valence-electron chi connectivity index (χ3n) is 3.73. The molecule has 4 heteroatoms. The molecule has 0 aliphatic carbocycles. The van der Waals surface area contributed by atoms with Crippen LogP contribution in [0.2, 0.25) is 0 Å². The third kappa shape index (κ3) is 3.00. The highest BCUT2D eigenvalue weighted by Gasteiger charge is 2.16. The number of rotatable bonds is 4. The molecule has 0 spiro atoms. The van der Waals surface area contributed by atoms with E-state index in [0.29, 0.717) is 5.56 Å². The molecule has 21 heavy (non-hydrogen) atoms. The molecule has 1 saturated heterocycles. The van der Waals surface area contributed by atoms with Gasteiger partial charge in [0.2, 0.25) is 0 Å². The molecule has 0 N–H and O–H groups in total. The van der Waals surface area contributed by atoms with Gasteiger partial charge in [0.05, 0.1) is 0 Å². The van der Waals surface area contributed by atoms with Crippen molar-refractivity contribution in [2.45, 2.75) is 13.0 Å². The summed E-state index contributed by atoms with van der Waals surface area (Å²) in [7, 11) is 0. The first-order valence-corrected chi connectivity index (χ1v) is 6.94. The van der Waals surface area contributed by atoms with Gasteiger partial charge in [-0.3, -0.25) is 9.69 Å². The van der Waals surface area contributed by atoms with Crippen LogP contribution in [0, 0.1) is 11.6 Å². The molecule has 2 aromatic rings. The molecule has 0 aromatic heterocycles. The Morgan fingerprint density at radius 3 is 2.43 bits per heavy atom. The minimum Gasteiger partial charge on any atom is -0.299 e. The molecule has 0 radical (unpaired) electrons. The van der Waals surface area contributed by atoms with E-state index in [1.165, 1.54) is 12.5 Å². The Balaban J connectivity index is 1.83. The predicted octanol–water partition coefficient (Wildman–Crippen LogP) is 3.40. The summed E-state index contributed by atoms with van der Waals surface area (Å²) in [6.45, 7) is 2.99. The maximum atomic E-state index is 13.2. The van der Waals surface area contributed by atoms with Gasteiger partial charge >= 0.3 is 0 Å². The van der Waals surface area contributed by atoms with Crippen molar-refractivity contribution in [2.24, 2.45) is 0 Å². The number of hydrogen-bond acceptors (Lipinski definition) is 2. The highest BCUT2D eigenvalue weighted by molar-refractivity contribution is 6.09. The molecule has 0 amide bonds. The average Bonchev–Trinajstić information content (AvgIpc) is 2.45. The highest BCUT2D eigenvalue weighted by Crippen LogP contribution is 2.17. The van der Waals surface area contributed by atoms with Gasteiger partial charge in [-0.05, 0) is 49.3 Å². The van der Waals surface area contributed by atoms with E-state index in [1.807, 2.05) is 18.2 Å². The van der Waals surface area contributed by atoms with E-state index in [-0.39, 0.29) is 11.3 Å². The van der Waals surface area contributed by atoms with Gasteiger partial charge in [0.1, 0.15) is 0 Å². The molecule has 108 valence electrons. The molecule has 0 atom stereocenters. The van der Waals surface area contributed by atoms with Crippen LogP contribution < -0.4 is 0 Å². The second kappa shape index (κ2) is 5.74. The molecule has 1 fully saturated rings. The number of carbonyl (C=O) groups is 1. The third-order valence-corrected chi connectivity index (χ3v) is 3.73. The van der Waals surface area contributed by atoms with Crippen LogP contribution in [0.3, 0.4) is 0 Å². The molecule has 0 saturated carbocycles. The van der Waals surface area contributed by atoms with Gasteiger partial charge in [-0.2, -0.15) is 0 Å². The van der Waals surface area contributed by atoms with E-state index < -0.39 is 11.6 Å². The van der Waals surface area contributed by atoms with E-state index in [1.54, 1.807) is 6.07 Å². The van der Waals surface area contributed by atoms with Crippen LogP contribution in [0.4, 0.5) is 8.78 Å². The number of halogens is 2. The smallest absolute Gasteiger partial charge is 0.193 e. The van der Waals surface area contributed by atoms with Crippen molar-refractivity contribution in [3.05, 3.63) is 70.8 Å². The lowest BCUT2D eigenvalue weighted by molar-refractivity contribution is 0.103. The maximum absolute atomic E-state index is 13.2. The first-order chi connectivity index (χ1) is 10.1. The molecule has 2 aromatic carbocycles. The highest BCUT2D eigenvalue weighted by atomic mass is 19.2. The molecular weight excluding hydrogens is 272 g/mol. The van der Waals surface area contributed by atoms with Crippen molar-refractivity contribution in [1.29, 1.82) is 0 Å². The Hall–Kier alpha value is -2.07. The molecule has 1 heterocycles. The van der Waals surface area contributed by atoms with E-state index in [4.69, 9.17) is 0 Å². The van der Waals surface area contributed by atoms with Crippen LogP contribution in [-0.2, 0) is 6.54 Å². The summed E-state index contributed by atoms with van der Waals surface area (Å²) >= 11 is 0. The zero-order valence-corrected chi connectivity index (χ0v) is 11.5. The molecule has 1 aliphatic heterocycles. The van der Waals surface area contributed by atoms with Gasteiger partial charge in [0, 0.05) is 17.7 Å². The summed E-state index contributed by atoms with van der Waals surface area (Å²) < 4.78 is 26.2. The zero-order chi connectivity index (χ0) is 14.8. The van der Waals surface area contributed by atoms with Crippen LogP contribution in [0.1, 0.15) is 27.9 Å². The Kier molecular flexibility index (Phi) is 3.80. The number of ketones is 1. The summed E-state index contributed by atoms with van der Waals surface area (Å²) in [5.41, 5.74) is 1.72. The normalized spacial score (nSPS) is 14.8. The summed E-state index contributed by atoms with van der Waals surface area (Å²) in [6, 6.07) is 10.5. The van der Waals surface area contributed by atoms with E-state index >= 15 is 0 Å². The van der Waals surface area contributed by atoms with Gasteiger partial charge in [0.25, 0.3) is 0 Å². The number of benzene rings is 2. The standard InChI is InChI=1S/C17H15F2NO/c18-15-6-5-14(10-16(15)19)17(21)13-4-1-3-12(9-13)11-20-7-2-8-20/h1,3-6,9-10H,2,7-8,11H2. The number of likely N-dealkylation sites (tertiary alicyclic amines) is 1. The van der Waals surface area contributed by atoms with Crippen LogP contribution in [0.15, 0.2) is 42.5 Å². The van der Waals surface area contributed by atoms with Gasteiger partial charge < -0.3 is 0 Å². The topological polar surface area (TPSA) is 20.3 Å². The summed E-state index contributed by atoms with van der Waals surface area (Å²) in [4.78, 5) is 14.6. The molecule has 0 unspecified atom stereocenters. The lowest BCUT2D eigenvalue weighted by Gasteiger charge is -2.30. The van der Waals surface area contributed by atoms with E-state index in [9.17, 15) is 13.6 Å². The quantitative estimate of drug-likeness (QED) is 0.803. The number of carbonyl (C=O) groups excluding carboxylic acids is 1. The average molecular weight is 287 g/mol. The monoisotopic (exact) mass is 287 g/mol. The second-order valence-electron chi connectivity index (χ2n) is 5.29. The molecule has 2 nitrogen and oxygen atoms in total. The Morgan fingerprint density at radius 2 is 1.76 bits per heavy atom. The number of nitrogens with zero attached hydrogens (tertiary/aromatic N) is 1. The van der Waals surface area contributed by atoms with Crippen molar-refractivity contribution in [3.63, 3.8) is 0 Å². The zero-order valence-electron chi connectivity index (χ0n) is 11.5. The van der Waals surface area contributed by atoms with Gasteiger partial charge in [-0.1, -0.05) is 18.2 Å². The minimum atomic E-state index is -1.00. The van der Waals surface area contributed by atoms with Gasteiger partial charge in [-0.15, -0.1) is 0 Å². The van der Waals surface area contributed by atoms with Crippen LogP contribution in [-0.4, -0.2) is 23.8 Å². The van der Waals surface area contributed by atoms with E-state index in [0.717, 1.165) is 37.3 Å². The van der Waals surface area contributed by atoms with Crippen LogP contribution >= 0.6 is 0 Å². The first-order valence-electron chi connectivity index (χ1n) is 6.94. The fourth-order valence-electron chi connectivity index (χ4n) is 2.41. The van der Waals surface area contributed by atoms with E-state index in [2.05, 4.69) is 4.90 Å². The van der Waals surface area contributed by atoms with Crippen molar-refractivity contribution in [2.75, 3.05) is 13.1 Å². The summed E-state index contributed by atoms with van der Waals surface area (Å²) in [5, 5.41) is 0. The molecule has 3 rings (SSSR count). The largest absolute Gasteiger partial charge is 0.299 e.